The molecule has 19 heavy (non-hydrogen) atoms. The minimum atomic E-state index is -1.10. The Kier molecular flexibility index (Phi) is 3.75. The number of ether oxygens (including phenoxy) is 1. The van der Waals surface area contributed by atoms with Crippen molar-refractivity contribution >= 4 is 5.97 Å². The second kappa shape index (κ2) is 5.48. The monoisotopic (exact) mass is 258 g/mol. The molecule has 5 heteroatoms. The van der Waals surface area contributed by atoms with E-state index in [1.807, 2.05) is 19.1 Å². The van der Waals surface area contributed by atoms with Crippen molar-refractivity contribution in [3.63, 3.8) is 0 Å². The molecular formula is C14H14N2O3. The van der Waals surface area contributed by atoms with Crippen LogP contribution in [0.2, 0.25) is 0 Å². The topological polar surface area (TPSA) is 72.3 Å². The van der Waals surface area contributed by atoms with Crippen molar-refractivity contribution in [3.8, 4) is 5.75 Å². The lowest BCUT2D eigenvalue weighted by molar-refractivity contribution is 0.0684. The molecular weight excluding hydrogens is 244 g/mol. The van der Waals surface area contributed by atoms with Gasteiger partial charge < -0.3 is 9.84 Å². The minimum absolute atomic E-state index is 0.0754. The zero-order valence-corrected chi connectivity index (χ0v) is 10.8. The van der Waals surface area contributed by atoms with Crippen LogP contribution in [0.1, 0.15) is 27.4 Å². The molecule has 2 aromatic rings. The van der Waals surface area contributed by atoms with Crippen molar-refractivity contribution in [2.45, 2.75) is 20.5 Å². The zero-order valence-electron chi connectivity index (χ0n) is 10.8. The summed E-state index contributed by atoms with van der Waals surface area (Å²) in [6, 6.07) is 7.10. The van der Waals surface area contributed by atoms with Crippen LogP contribution in [0.15, 0.2) is 30.5 Å². The Hall–Kier alpha value is -2.43. The standard InChI is InChI=1S/C14H14N2O3/c1-9-4-3-7-15-11(9)8-19-12-6-5-10(2)16-13(12)14(17)18/h3-7H,8H2,1-2H3,(H,17,18). The number of carboxylic acid groups (broad SMARTS) is 1. The molecule has 2 heterocycles. The maximum absolute atomic E-state index is 11.1. The van der Waals surface area contributed by atoms with Gasteiger partial charge in [0.1, 0.15) is 6.61 Å². The van der Waals surface area contributed by atoms with Crippen LogP contribution in [0.5, 0.6) is 5.75 Å². The Balaban J connectivity index is 2.20. The second-order valence-corrected chi connectivity index (χ2v) is 4.16. The van der Waals surface area contributed by atoms with E-state index in [1.54, 1.807) is 25.3 Å². The van der Waals surface area contributed by atoms with Gasteiger partial charge in [0.2, 0.25) is 0 Å². The summed E-state index contributed by atoms with van der Waals surface area (Å²) in [5.41, 5.74) is 2.34. The molecule has 0 aliphatic carbocycles. The highest BCUT2D eigenvalue weighted by Crippen LogP contribution is 2.18. The maximum atomic E-state index is 11.1. The van der Waals surface area contributed by atoms with Crippen molar-refractivity contribution in [2.24, 2.45) is 0 Å². The van der Waals surface area contributed by atoms with Crippen molar-refractivity contribution in [1.82, 2.24) is 9.97 Å². The Morgan fingerprint density at radius 2 is 2.11 bits per heavy atom. The van der Waals surface area contributed by atoms with E-state index in [0.717, 1.165) is 11.3 Å². The normalized spacial score (nSPS) is 10.2. The highest BCUT2D eigenvalue weighted by molar-refractivity contribution is 5.88. The van der Waals surface area contributed by atoms with Gasteiger partial charge in [0.05, 0.1) is 5.69 Å². The fourth-order valence-corrected chi connectivity index (χ4v) is 1.63. The SMILES string of the molecule is Cc1ccc(OCc2ncccc2C)c(C(=O)O)n1. The number of hydrogen-bond acceptors (Lipinski definition) is 4. The minimum Gasteiger partial charge on any atom is -0.485 e. The van der Waals surface area contributed by atoms with E-state index in [9.17, 15) is 4.79 Å². The lowest BCUT2D eigenvalue weighted by Crippen LogP contribution is -2.08. The van der Waals surface area contributed by atoms with Crippen LogP contribution < -0.4 is 4.74 Å². The highest BCUT2D eigenvalue weighted by Gasteiger charge is 2.14. The van der Waals surface area contributed by atoms with Gasteiger partial charge in [-0.05, 0) is 37.6 Å². The van der Waals surface area contributed by atoms with E-state index in [2.05, 4.69) is 9.97 Å². The van der Waals surface area contributed by atoms with Gasteiger partial charge in [-0.3, -0.25) is 4.98 Å². The largest absolute Gasteiger partial charge is 0.485 e. The average molecular weight is 258 g/mol. The molecule has 0 bridgehead atoms. The summed E-state index contributed by atoms with van der Waals surface area (Å²) in [6.45, 7) is 3.88. The molecule has 0 spiro atoms. The Bertz CT molecular complexity index is 611. The Morgan fingerprint density at radius 1 is 1.32 bits per heavy atom. The van der Waals surface area contributed by atoms with Crippen LogP contribution in [0.25, 0.3) is 0 Å². The third-order valence-electron chi connectivity index (χ3n) is 2.68. The predicted octanol–water partition coefficient (Wildman–Crippen LogP) is 2.37. The van der Waals surface area contributed by atoms with Crippen molar-refractivity contribution < 1.29 is 14.6 Å². The van der Waals surface area contributed by atoms with Gasteiger partial charge in [-0.2, -0.15) is 0 Å². The average Bonchev–Trinajstić information content (AvgIpc) is 2.38. The van der Waals surface area contributed by atoms with E-state index < -0.39 is 5.97 Å². The zero-order chi connectivity index (χ0) is 13.8. The first-order valence-electron chi connectivity index (χ1n) is 5.82. The highest BCUT2D eigenvalue weighted by atomic mass is 16.5. The fraction of sp³-hybridized carbons (Fsp3) is 0.214. The van der Waals surface area contributed by atoms with Crippen molar-refractivity contribution in [3.05, 3.63) is 53.1 Å². The molecule has 0 saturated carbocycles. The number of aryl methyl sites for hydroxylation is 2. The molecule has 0 radical (unpaired) electrons. The number of rotatable bonds is 4. The van der Waals surface area contributed by atoms with Crippen LogP contribution in [-0.4, -0.2) is 21.0 Å². The smallest absolute Gasteiger partial charge is 0.358 e. The maximum Gasteiger partial charge on any atom is 0.358 e. The van der Waals surface area contributed by atoms with E-state index in [4.69, 9.17) is 9.84 Å². The lowest BCUT2D eigenvalue weighted by Gasteiger charge is -2.10. The van der Waals surface area contributed by atoms with Crippen LogP contribution in [0.4, 0.5) is 0 Å². The van der Waals surface area contributed by atoms with Gasteiger partial charge in [0.15, 0.2) is 11.4 Å². The van der Waals surface area contributed by atoms with E-state index in [-0.39, 0.29) is 18.1 Å². The summed E-state index contributed by atoms with van der Waals surface area (Å²) in [5.74, 6) is -0.848. The molecule has 0 unspecified atom stereocenters. The molecule has 0 aromatic carbocycles. The quantitative estimate of drug-likeness (QED) is 0.911. The molecule has 0 aliphatic heterocycles. The third kappa shape index (κ3) is 3.07. The summed E-state index contributed by atoms with van der Waals surface area (Å²) in [5, 5.41) is 9.08. The molecule has 0 saturated heterocycles. The van der Waals surface area contributed by atoms with E-state index in [1.165, 1.54) is 0 Å². The first-order chi connectivity index (χ1) is 9.08. The van der Waals surface area contributed by atoms with Crippen LogP contribution in [0.3, 0.4) is 0 Å². The number of nitrogens with zero attached hydrogens (tertiary/aromatic N) is 2. The number of aromatic nitrogens is 2. The van der Waals surface area contributed by atoms with E-state index in [0.29, 0.717) is 5.69 Å². The first kappa shape index (κ1) is 13.0. The van der Waals surface area contributed by atoms with Crippen LogP contribution in [-0.2, 0) is 6.61 Å². The number of aromatic carboxylic acids is 1. The van der Waals surface area contributed by atoms with Crippen molar-refractivity contribution in [2.75, 3.05) is 0 Å². The number of pyridine rings is 2. The molecule has 1 N–H and O–H groups in total. The van der Waals surface area contributed by atoms with Gasteiger partial charge in [0, 0.05) is 11.9 Å². The predicted molar refractivity (Wildman–Crippen MR) is 69.2 cm³/mol. The molecule has 0 amide bonds. The lowest BCUT2D eigenvalue weighted by atomic mass is 10.2. The molecule has 0 fully saturated rings. The molecule has 2 rings (SSSR count). The van der Waals surface area contributed by atoms with Gasteiger partial charge in [-0.25, -0.2) is 9.78 Å². The van der Waals surface area contributed by atoms with E-state index >= 15 is 0 Å². The number of hydrogen-bond donors (Lipinski definition) is 1. The molecule has 0 aliphatic rings. The second-order valence-electron chi connectivity index (χ2n) is 4.16. The van der Waals surface area contributed by atoms with Gasteiger partial charge >= 0.3 is 5.97 Å². The fourth-order valence-electron chi connectivity index (χ4n) is 1.63. The summed E-state index contributed by atoms with van der Waals surface area (Å²) in [7, 11) is 0. The van der Waals surface area contributed by atoms with Gasteiger partial charge in [-0.1, -0.05) is 6.07 Å². The van der Waals surface area contributed by atoms with Crippen LogP contribution in [0, 0.1) is 13.8 Å². The number of carbonyl (C=O) groups is 1. The molecule has 5 nitrogen and oxygen atoms in total. The summed E-state index contributed by atoms with van der Waals surface area (Å²) in [6.07, 6.45) is 1.68. The van der Waals surface area contributed by atoms with Crippen LogP contribution >= 0.6 is 0 Å². The first-order valence-corrected chi connectivity index (χ1v) is 5.82. The third-order valence-corrected chi connectivity index (χ3v) is 2.68. The molecule has 0 atom stereocenters. The van der Waals surface area contributed by atoms with Gasteiger partial charge in [-0.15, -0.1) is 0 Å². The summed E-state index contributed by atoms with van der Waals surface area (Å²) in [4.78, 5) is 19.2. The van der Waals surface area contributed by atoms with Gasteiger partial charge in [0.25, 0.3) is 0 Å². The Labute approximate surface area is 110 Å². The molecule has 98 valence electrons. The summed E-state index contributed by atoms with van der Waals surface area (Å²) < 4.78 is 5.51. The summed E-state index contributed by atoms with van der Waals surface area (Å²) >= 11 is 0. The number of carboxylic acids is 1. The molecule has 2 aromatic heterocycles. The van der Waals surface area contributed by atoms with Crippen molar-refractivity contribution in [1.29, 1.82) is 0 Å². The Morgan fingerprint density at radius 3 is 2.79 bits per heavy atom.